The molecule has 160 valence electrons. The predicted molar refractivity (Wildman–Crippen MR) is 118 cm³/mol. The molecule has 9 heteroatoms. The molecule has 0 radical (unpaired) electrons. The highest BCUT2D eigenvalue weighted by Gasteiger charge is 2.24. The van der Waals surface area contributed by atoms with Gasteiger partial charge in [0.25, 0.3) is 5.91 Å². The highest BCUT2D eigenvalue weighted by Crippen LogP contribution is 2.31. The summed E-state index contributed by atoms with van der Waals surface area (Å²) in [6.07, 6.45) is 1.93. The molecular formula is C21H26ClN5O2S. The molecule has 1 fully saturated rings. The smallest absolute Gasteiger partial charge is 0.269 e. The molecule has 1 saturated heterocycles. The fourth-order valence-corrected chi connectivity index (χ4v) is 4.76. The van der Waals surface area contributed by atoms with E-state index in [1.165, 1.54) is 11.3 Å². The van der Waals surface area contributed by atoms with Crippen LogP contribution in [0.2, 0.25) is 4.34 Å². The number of hydrogen-bond donors (Lipinski definition) is 1. The standard InChI is InChI=1S/C21H26ClN5O2S/c1-13(2)26-8-6-15(7-9-26)23-21(28)17-10-14(3)24-27(17)12-16-11-18(29-25-16)19-4-5-20(22)30-19/h4-5,10-11,13,15H,6-9,12H2,1-3H3,(H,23,28). The zero-order chi connectivity index (χ0) is 21.3. The van der Waals surface area contributed by atoms with E-state index in [2.05, 4.69) is 34.3 Å². The molecule has 3 aromatic rings. The molecule has 0 saturated carbocycles. The molecule has 4 heterocycles. The van der Waals surface area contributed by atoms with Crippen LogP contribution in [0.15, 0.2) is 28.8 Å². The fraction of sp³-hybridized carbons (Fsp3) is 0.476. The van der Waals surface area contributed by atoms with E-state index in [-0.39, 0.29) is 11.9 Å². The molecule has 1 aliphatic heterocycles. The van der Waals surface area contributed by atoms with Crippen LogP contribution in [-0.2, 0) is 6.54 Å². The second kappa shape index (κ2) is 8.91. The van der Waals surface area contributed by atoms with Crippen molar-refractivity contribution in [1.82, 2.24) is 25.2 Å². The third-order valence-electron chi connectivity index (χ3n) is 5.42. The Morgan fingerprint density at radius 3 is 2.77 bits per heavy atom. The number of piperidine rings is 1. The number of aryl methyl sites for hydroxylation is 1. The van der Waals surface area contributed by atoms with Gasteiger partial charge in [0.2, 0.25) is 0 Å². The number of carbonyl (C=O) groups is 1. The summed E-state index contributed by atoms with van der Waals surface area (Å²) < 4.78 is 7.84. The fourth-order valence-electron chi connectivity index (χ4n) is 3.77. The summed E-state index contributed by atoms with van der Waals surface area (Å²) in [6, 6.07) is 8.15. The third-order valence-corrected chi connectivity index (χ3v) is 6.66. The van der Waals surface area contributed by atoms with Crippen LogP contribution in [0, 0.1) is 6.92 Å². The van der Waals surface area contributed by atoms with E-state index in [1.54, 1.807) is 4.68 Å². The maximum Gasteiger partial charge on any atom is 0.269 e. The molecule has 1 amide bonds. The number of nitrogens with one attached hydrogen (secondary N) is 1. The average Bonchev–Trinajstić information content (AvgIpc) is 3.43. The molecule has 0 bridgehead atoms. The van der Waals surface area contributed by atoms with Crippen molar-refractivity contribution in [3.8, 4) is 10.6 Å². The molecule has 30 heavy (non-hydrogen) atoms. The van der Waals surface area contributed by atoms with Gasteiger partial charge in [-0.1, -0.05) is 16.8 Å². The van der Waals surface area contributed by atoms with E-state index in [4.69, 9.17) is 16.1 Å². The lowest BCUT2D eigenvalue weighted by Gasteiger charge is -2.34. The van der Waals surface area contributed by atoms with Crippen molar-refractivity contribution in [2.45, 2.75) is 52.2 Å². The largest absolute Gasteiger partial charge is 0.355 e. The van der Waals surface area contributed by atoms with Gasteiger partial charge in [0, 0.05) is 31.2 Å². The zero-order valence-electron chi connectivity index (χ0n) is 17.4. The summed E-state index contributed by atoms with van der Waals surface area (Å²) in [7, 11) is 0. The van der Waals surface area contributed by atoms with Crippen molar-refractivity contribution in [2.75, 3.05) is 13.1 Å². The number of carbonyl (C=O) groups excluding carboxylic acids is 1. The summed E-state index contributed by atoms with van der Waals surface area (Å²) in [4.78, 5) is 16.3. The first-order chi connectivity index (χ1) is 14.4. The van der Waals surface area contributed by atoms with Crippen molar-refractivity contribution in [3.05, 3.63) is 45.7 Å². The number of rotatable bonds is 6. The first kappa shape index (κ1) is 21.1. The van der Waals surface area contributed by atoms with Gasteiger partial charge in [-0.25, -0.2) is 0 Å². The molecule has 4 rings (SSSR count). The maximum atomic E-state index is 12.9. The maximum absolute atomic E-state index is 12.9. The second-order valence-corrected chi connectivity index (χ2v) is 9.71. The van der Waals surface area contributed by atoms with Crippen LogP contribution in [0.4, 0.5) is 0 Å². The van der Waals surface area contributed by atoms with Gasteiger partial charge < -0.3 is 14.7 Å². The lowest BCUT2D eigenvalue weighted by Crippen LogP contribution is -2.46. The van der Waals surface area contributed by atoms with Crippen LogP contribution in [0.3, 0.4) is 0 Å². The number of amides is 1. The predicted octanol–water partition coefficient (Wildman–Crippen LogP) is 4.21. The van der Waals surface area contributed by atoms with Crippen molar-refractivity contribution in [3.63, 3.8) is 0 Å². The Hall–Kier alpha value is -2.16. The first-order valence-corrected chi connectivity index (χ1v) is 11.4. The number of thiophene rings is 1. The molecule has 0 unspecified atom stereocenters. The minimum Gasteiger partial charge on any atom is -0.355 e. The third kappa shape index (κ3) is 4.77. The average molecular weight is 448 g/mol. The first-order valence-electron chi connectivity index (χ1n) is 10.2. The summed E-state index contributed by atoms with van der Waals surface area (Å²) in [5.41, 5.74) is 2.04. The molecule has 0 aromatic carbocycles. The lowest BCUT2D eigenvalue weighted by atomic mass is 10.0. The molecule has 0 atom stereocenters. The zero-order valence-corrected chi connectivity index (χ0v) is 19.0. The summed E-state index contributed by atoms with van der Waals surface area (Å²) >= 11 is 7.44. The molecule has 1 N–H and O–H groups in total. The SMILES string of the molecule is Cc1cc(C(=O)NC2CCN(C(C)C)CC2)n(Cc2cc(-c3ccc(Cl)s3)on2)n1. The van der Waals surface area contributed by atoms with Gasteiger partial charge >= 0.3 is 0 Å². The van der Waals surface area contributed by atoms with Crippen molar-refractivity contribution < 1.29 is 9.32 Å². The summed E-state index contributed by atoms with van der Waals surface area (Å²) in [5.74, 6) is 0.570. The number of hydrogen-bond acceptors (Lipinski definition) is 6. The Labute approximate surface area is 185 Å². The molecule has 3 aromatic heterocycles. The minimum absolute atomic E-state index is 0.0904. The molecule has 7 nitrogen and oxygen atoms in total. The number of aromatic nitrogens is 3. The van der Waals surface area contributed by atoms with Crippen LogP contribution >= 0.6 is 22.9 Å². The van der Waals surface area contributed by atoms with Gasteiger partial charge in [0.1, 0.15) is 11.4 Å². The molecule has 1 aliphatic rings. The lowest BCUT2D eigenvalue weighted by molar-refractivity contribution is 0.0890. The topological polar surface area (TPSA) is 76.2 Å². The van der Waals surface area contributed by atoms with Crippen LogP contribution in [-0.4, -0.2) is 50.9 Å². The Morgan fingerprint density at radius 1 is 1.33 bits per heavy atom. The van der Waals surface area contributed by atoms with Crippen molar-refractivity contribution in [2.24, 2.45) is 0 Å². The van der Waals surface area contributed by atoms with Gasteiger partial charge in [-0.3, -0.25) is 9.48 Å². The highest BCUT2D eigenvalue weighted by molar-refractivity contribution is 7.19. The van der Waals surface area contributed by atoms with Gasteiger partial charge in [0.15, 0.2) is 5.76 Å². The van der Waals surface area contributed by atoms with Crippen LogP contribution in [0.1, 0.15) is 48.6 Å². The van der Waals surface area contributed by atoms with Gasteiger partial charge in [-0.2, -0.15) is 5.10 Å². The second-order valence-electron chi connectivity index (χ2n) is 7.99. The van der Waals surface area contributed by atoms with E-state index >= 15 is 0 Å². The van der Waals surface area contributed by atoms with Crippen molar-refractivity contribution in [1.29, 1.82) is 0 Å². The van der Waals surface area contributed by atoms with Crippen LogP contribution < -0.4 is 5.32 Å². The van der Waals surface area contributed by atoms with E-state index in [0.29, 0.717) is 34.1 Å². The summed E-state index contributed by atoms with van der Waals surface area (Å²) in [6.45, 7) is 8.69. The Bertz CT molecular complexity index is 1020. The molecular weight excluding hydrogens is 422 g/mol. The molecule has 0 aliphatic carbocycles. The van der Waals surface area contributed by atoms with Gasteiger partial charge in [-0.05, 0) is 51.8 Å². The van der Waals surface area contributed by atoms with Crippen LogP contribution in [0.5, 0.6) is 0 Å². The quantitative estimate of drug-likeness (QED) is 0.612. The summed E-state index contributed by atoms with van der Waals surface area (Å²) in [5, 5.41) is 11.8. The highest BCUT2D eigenvalue weighted by atomic mass is 35.5. The number of likely N-dealkylation sites (tertiary alicyclic amines) is 1. The minimum atomic E-state index is -0.0904. The number of nitrogens with zero attached hydrogens (tertiary/aromatic N) is 4. The monoisotopic (exact) mass is 447 g/mol. The van der Waals surface area contributed by atoms with Crippen LogP contribution in [0.25, 0.3) is 10.6 Å². The van der Waals surface area contributed by atoms with E-state index in [1.807, 2.05) is 31.2 Å². The Morgan fingerprint density at radius 2 is 2.10 bits per heavy atom. The Kier molecular flexibility index (Phi) is 6.26. The normalized spacial score (nSPS) is 15.8. The Balaban J connectivity index is 1.43. The molecule has 0 spiro atoms. The van der Waals surface area contributed by atoms with Crippen molar-refractivity contribution >= 4 is 28.8 Å². The van der Waals surface area contributed by atoms with E-state index in [9.17, 15) is 4.79 Å². The van der Waals surface area contributed by atoms with E-state index in [0.717, 1.165) is 36.5 Å². The van der Waals surface area contributed by atoms with E-state index < -0.39 is 0 Å². The van der Waals surface area contributed by atoms with Gasteiger partial charge in [-0.15, -0.1) is 11.3 Å². The number of halogens is 1. The van der Waals surface area contributed by atoms with Gasteiger partial charge in [0.05, 0.1) is 21.5 Å².